The molecule has 1 atom stereocenters. The Morgan fingerprint density at radius 1 is 0.919 bits per heavy atom. The molecule has 37 heavy (non-hydrogen) atoms. The number of nitrogens with zero attached hydrogens (tertiary/aromatic N) is 1. The first-order valence-corrected chi connectivity index (χ1v) is 12.3. The standard InChI is InChI=1S/C29H39NO7/c1-28(2,3)37-27(33)29(26(32)36-7,23-10-12-24(34-5)13-11-23)16-8-17-30(4)18-15-21-9-14-25(35-6)22(19-21)20-31/h9-14,19-20H,8,15-18H2,1-7H3. The average Bonchev–Trinajstić information content (AvgIpc) is 2.88. The van der Waals surface area contributed by atoms with Gasteiger partial charge in [-0.05, 0) is 89.0 Å². The molecule has 0 aromatic heterocycles. The number of esters is 2. The van der Waals surface area contributed by atoms with Crippen molar-refractivity contribution in [2.24, 2.45) is 0 Å². The predicted molar refractivity (Wildman–Crippen MR) is 141 cm³/mol. The van der Waals surface area contributed by atoms with Crippen LogP contribution in [0.2, 0.25) is 0 Å². The summed E-state index contributed by atoms with van der Waals surface area (Å²) in [5.74, 6) is -0.136. The summed E-state index contributed by atoms with van der Waals surface area (Å²) in [7, 11) is 6.34. The normalized spacial score (nSPS) is 13.0. The molecular weight excluding hydrogens is 474 g/mol. The maximum atomic E-state index is 13.5. The second-order valence-corrected chi connectivity index (χ2v) is 9.98. The molecule has 0 aliphatic rings. The van der Waals surface area contributed by atoms with Gasteiger partial charge in [0.25, 0.3) is 0 Å². The molecule has 2 aromatic carbocycles. The second-order valence-electron chi connectivity index (χ2n) is 9.98. The molecule has 0 radical (unpaired) electrons. The highest BCUT2D eigenvalue weighted by Crippen LogP contribution is 2.35. The van der Waals surface area contributed by atoms with Gasteiger partial charge in [0.05, 0.1) is 26.9 Å². The Morgan fingerprint density at radius 2 is 1.59 bits per heavy atom. The van der Waals surface area contributed by atoms with Gasteiger partial charge in [-0.15, -0.1) is 0 Å². The zero-order valence-electron chi connectivity index (χ0n) is 23.0. The lowest BCUT2D eigenvalue weighted by atomic mass is 9.76. The maximum absolute atomic E-state index is 13.5. The summed E-state index contributed by atoms with van der Waals surface area (Å²) in [5, 5.41) is 0. The predicted octanol–water partition coefficient (Wildman–Crippen LogP) is 4.22. The SMILES string of the molecule is COC(=O)C(CCCN(C)CCc1ccc(OC)c(C=O)c1)(C(=O)OC(C)(C)C)c1ccc(OC)cc1. The van der Waals surface area contributed by atoms with Crippen LogP contribution in [0.15, 0.2) is 42.5 Å². The minimum Gasteiger partial charge on any atom is -0.497 e. The monoisotopic (exact) mass is 513 g/mol. The minimum atomic E-state index is -1.61. The molecule has 2 rings (SSSR count). The number of ether oxygens (including phenoxy) is 4. The largest absolute Gasteiger partial charge is 0.497 e. The van der Waals surface area contributed by atoms with E-state index in [2.05, 4.69) is 4.90 Å². The Balaban J connectivity index is 2.20. The van der Waals surface area contributed by atoms with E-state index in [1.807, 2.05) is 19.2 Å². The quantitative estimate of drug-likeness (QED) is 0.223. The molecule has 0 aliphatic carbocycles. The number of hydrogen-bond donors (Lipinski definition) is 0. The van der Waals surface area contributed by atoms with Gasteiger partial charge >= 0.3 is 11.9 Å². The fourth-order valence-electron chi connectivity index (χ4n) is 4.16. The van der Waals surface area contributed by atoms with E-state index >= 15 is 0 Å². The number of likely N-dealkylation sites (N-methyl/N-ethyl adjacent to an activating group) is 1. The third-order valence-electron chi connectivity index (χ3n) is 6.16. The van der Waals surface area contributed by atoms with E-state index in [0.29, 0.717) is 35.6 Å². The molecule has 8 heteroatoms. The lowest BCUT2D eigenvalue weighted by Crippen LogP contribution is -2.48. The number of carbonyl (C=O) groups excluding carboxylic acids is 3. The van der Waals surface area contributed by atoms with E-state index in [1.165, 1.54) is 14.2 Å². The third kappa shape index (κ3) is 7.79. The van der Waals surface area contributed by atoms with Crippen LogP contribution in [0.4, 0.5) is 0 Å². The number of methoxy groups -OCH3 is 3. The topological polar surface area (TPSA) is 91.4 Å². The molecular formula is C29H39NO7. The molecule has 202 valence electrons. The Bertz CT molecular complexity index is 1060. The van der Waals surface area contributed by atoms with E-state index < -0.39 is 23.0 Å². The highest BCUT2D eigenvalue weighted by atomic mass is 16.6. The molecule has 0 fully saturated rings. The van der Waals surface area contributed by atoms with Crippen molar-refractivity contribution in [1.29, 1.82) is 0 Å². The van der Waals surface area contributed by atoms with Gasteiger partial charge in [-0.1, -0.05) is 18.2 Å². The van der Waals surface area contributed by atoms with Gasteiger partial charge in [0.15, 0.2) is 11.7 Å². The molecule has 2 aromatic rings. The van der Waals surface area contributed by atoms with Crippen molar-refractivity contribution in [2.45, 2.75) is 51.0 Å². The van der Waals surface area contributed by atoms with Crippen molar-refractivity contribution in [3.8, 4) is 11.5 Å². The van der Waals surface area contributed by atoms with Gasteiger partial charge in [0.1, 0.15) is 17.1 Å². The number of carbonyl (C=O) groups is 3. The van der Waals surface area contributed by atoms with Crippen LogP contribution in [0, 0.1) is 0 Å². The maximum Gasteiger partial charge on any atom is 0.328 e. The van der Waals surface area contributed by atoms with Gasteiger partial charge in [0.2, 0.25) is 0 Å². The van der Waals surface area contributed by atoms with E-state index in [1.54, 1.807) is 58.2 Å². The Kier molecular flexibility index (Phi) is 10.7. The van der Waals surface area contributed by atoms with E-state index in [9.17, 15) is 14.4 Å². The van der Waals surface area contributed by atoms with Crippen LogP contribution in [-0.4, -0.2) is 70.2 Å². The van der Waals surface area contributed by atoms with Gasteiger partial charge < -0.3 is 23.8 Å². The van der Waals surface area contributed by atoms with Crippen LogP contribution in [0.3, 0.4) is 0 Å². The highest BCUT2D eigenvalue weighted by Gasteiger charge is 2.51. The van der Waals surface area contributed by atoms with Gasteiger partial charge in [0, 0.05) is 6.54 Å². The summed E-state index contributed by atoms with van der Waals surface area (Å²) in [6.45, 7) is 6.66. The molecule has 0 aliphatic heterocycles. The van der Waals surface area contributed by atoms with E-state index in [-0.39, 0.29) is 6.42 Å². The zero-order chi connectivity index (χ0) is 27.6. The number of benzene rings is 2. The van der Waals surface area contributed by atoms with Crippen molar-refractivity contribution in [3.05, 3.63) is 59.2 Å². The summed E-state index contributed by atoms with van der Waals surface area (Å²) < 4.78 is 21.3. The Hall–Kier alpha value is -3.39. The summed E-state index contributed by atoms with van der Waals surface area (Å²) in [6.07, 6.45) is 2.27. The molecule has 1 unspecified atom stereocenters. The third-order valence-corrected chi connectivity index (χ3v) is 6.16. The lowest BCUT2D eigenvalue weighted by Gasteiger charge is -2.33. The molecule has 0 bridgehead atoms. The summed E-state index contributed by atoms with van der Waals surface area (Å²) in [4.78, 5) is 40.2. The number of hydrogen-bond acceptors (Lipinski definition) is 8. The molecule has 0 spiro atoms. The van der Waals surface area contributed by atoms with Crippen molar-refractivity contribution < 1.29 is 33.3 Å². The van der Waals surface area contributed by atoms with E-state index in [4.69, 9.17) is 18.9 Å². The molecule has 0 saturated carbocycles. The van der Waals surface area contributed by atoms with Crippen LogP contribution in [0.5, 0.6) is 11.5 Å². The van der Waals surface area contributed by atoms with Crippen molar-refractivity contribution in [1.82, 2.24) is 4.90 Å². The van der Waals surface area contributed by atoms with E-state index in [0.717, 1.165) is 24.8 Å². The minimum absolute atomic E-state index is 0.211. The fourth-order valence-corrected chi connectivity index (χ4v) is 4.16. The van der Waals surface area contributed by atoms with Crippen LogP contribution in [0.1, 0.15) is 55.1 Å². The molecule has 0 amide bonds. The number of rotatable bonds is 13. The summed E-state index contributed by atoms with van der Waals surface area (Å²) >= 11 is 0. The van der Waals surface area contributed by atoms with Gasteiger partial charge in [-0.3, -0.25) is 14.4 Å². The van der Waals surface area contributed by atoms with Crippen molar-refractivity contribution in [3.63, 3.8) is 0 Å². The van der Waals surface area contributed by atoms with Gasteiger partial charge in [-0.2, -0.15) is 0 Å². The lowest BCUT2D eigenvalue weighted by molar-refractivity contribution is -0.172. The van der Waals surface area contributed by atoms with Crippen LogP contribution < -0.4 is 9.47 Å². The smallest absolute Gasteiger partial charge is 0.328 e. The molecule has 8 nitrogen and oxygen atoms in total. The van der Waals surface area contributed by atoms with Crippen LogP contribution >= 0.6 is 0 Å². The fraction of sp³-hybridized carbons (Fsp3) is 0.483. The summed E-state index contributed by atoms with van der Waals surface area (Å²) in [6, 6.07) is 12.4. The van der Waals surface area contributed by atoms with Crippen LogP contribution in [-0.2, 0) is 30.9 Å². The molecule has 0 N–H and O–H groups in total. The van der Waals surface area contributed by atoms with Crippen LogP contribution in [0.25, 0.3) is 0 Å². The first-order chi connectivity index (χ1) is 17.5. The zero-order valence-corrected chi connectivity index (χ0v) is 23.0. The highest BCUT2D eigenvalue weighted by molar-refractivity contribution is 6.06. The van der Waals surface area contributed by atoms with Crippen molar-refractivity contribution >= 4 is 18.2 Å². The first kappa shape index (κ1) is 29.8. The molecule has 0 saturated heterocycles. The number of aldehydes is 1. The van der Waals surface area contributed by atoms with Gasteiger partial charge in [-0.25, -0.2) is 0 Å². The molecule has 0 heterocycles. The summed E-state index contributed by atoms with van der Waals surface area (Å²) in [5.41, 5.74) is -0.354. The Morgan fingerprint density at radius 3 is 2.14 bits per heavy atom. The van der Waals surface area contributed by atoms with Crippen molar-refractivity contribution in [2.75, 3.05) is 41.5 Å². The second kappa shape index (κ2) is 13.2. The first-order valence-electron chi connectivity index (χ1n) is 12.3. The Labute approximate surface area is 219 Å². The average molecular weight is 514 g/mol.